The minimum Gasteiger partial charge on any atom is -0.494 e. The van der Waals surface area contributed by atoms with Gasteiger partial charge in [0.25, 0.3) is 0 Å². The van der Waals surface area contributed by atoms with Gasteiger partial charge in [0.1, 0.15) is 5.75 Å². The number of hydrogen-bond donors (Lipinski definition) is 0. The molecule has 2 atom stereocenters. The summed E-state index contributed by atoms with van der Waals surface area (Å²) in [6, 6.07) is 24.3. The molecular formula is C28H27N3O4. The molecule has 0 N–H and O–H groups in total. The molecule has 1 aliphatic rings. The van der Waals surface area contributed by atoms with Crippen molar-refractivity contribution in [2.24, 2.45) is 5.92 Å². The summed E-state index contributed by atoms with van der Waals surface area (Å²) in [4.78, 5) is 33.9. The normalized spacial score (nSPS) is 17.3. The Bertz CT molecular complexity index is 1370. The Labute approximate surface area is 203 Å². The third-order valence-electron chi connectivity index (χ3n) is 6.21. The maximum atomic E-state index is 14.1. The minimum atomic E-state index is -1.09. The van der Waals surface area contributed by atoms with Crippen LogP contribution in [0.2, 0.25) is 0 Å². The van der Waals surface area contributed by atoms with Crippen molar-refractivity contribution >= 4 is 28.9 Å². The number of aromatic nitrogens is 2. The van der Waals surface area contributed by atoms with Crippen LogP contribution in [0.3, 0.4) is 0 Å². The molecule has 0 bridgehead atoms. The molecule has 2 heterocycles. The number of amides is 1. The number of fused-ring (bicyclic) bond motifs is 3. The number of ether oxygens (including phenoxy) is 2. The lowest BCUT2D eigenvalue weighted by Crippen LogP contribution is -2.49. The molecule has 0 spiro atoms. The number of rotatable bonds is 7. The van der Waals surface area contributed by atoms with Crippen molar-refractivity contribution in [1.82, 2.24) is 9.55 Å². The number of esters is 1. The first kappa shape index (κ1) is 22.7. The van der Waals surface area contributed by atoms with Crippen molar-refractivity contribution in [3.63, 3.8) is 0 Å². The van der Waals surface area contributed by atoms with Gasteiger partial charge in [0.05, 0.1) is 36.8 Å². The standard InChI is InChI=1S/C28H27N3O4/c1-3-34-23-17-11-8-14-20(23)25-24(27(33)35-4-2)26(32)30(18-19-12-6-5-7-13-19)28-29-21-15-9-10-16-22(21)31(25)28/h5-17,24-25H,3-4,18H2,1-2H3/t24-,25-/m1/s1. The number of carbonyl (C=O) groups is 2. The summed E-state index contributed by atoms with van der Waals surface area (Å²) in [5, 5.41) is 0. The van der Waals surface area contributed by atoms with Crippen LogP contribution in [0.4, 0.5) is 5.95 Å². The van der Waals surface area contributed by atoms with Crippen LogP contribution in [0.15, 0.2) is 78.9 Å². The number of hydrogen-bond acceptors (Lipinski definition) is 5. The second kappa shape index (κ2) is 9.62. The fourth-order valence-corrected chi connectivity index (χ4v) is 4.75. The van der Waals surface area contributed by atoms with Crippen molar-refractivity contribution in [2.75, 3.05) is 18.1 Å². The van der Waals surface area contributed by atoms with Crippen molar-refractivity contribution < 1.29 is 19.1 Å². The van der Waals surface area contributed by atoms with E-state index in [-0.39, 0.29) is 12.5 Å². The van der Waals surface area contributed by atoms with Crippen LogP contribution >= 0.6 is 0 Å². The predicted molar refractivity (Wildman–Crippen MR) is 133 cm³/mol. The first-order valence-corrected chi connectivity index (χ1v) is 11.8. The number of anilines is 1. The molecule has 178 valence electrons. The number of para-hydroxylation sites is 3. The molecule has 7 heteroatoms. The zero-order valence-electron chi connectivity index (χ0n) is 19.8. The van der Waals surface area contributed by atoms with Gasteiger partial charge in [0, 0.05) is 5.56 Å². The molecule has 5 rings (SSSR count). The van der Waals surface area contributed by atoms with Gasteiger partial charge in [-0.15, -0.1) is 0 Å². The van der Waals surface area contributed by atoms with Gasteiger partial charge in [-0.05, 0) is 37.6 Å². The summed E-state index contributed by atoms with van der Waals surface area (Å²) in [7, 11) is 0. The monoisotopic (exact) mass is 469 g/mol. The highest BCUT2D eigenvalue weighted by Gasteiger charge is 2.48. The van der Waals surface area contributed by atoms with Gasteiger partial charge in [0.15, 0.2) is 5.92 Å². The summed E-state index contributed by atoms with van der Waals surface area (Å²) in [6.07, 6.45) is 0. The second-order valence-electron chi connectivity index (χ2n) is 8.33. The molecule has 1 aliphatic heterocycles. The fourth-order valence-electron chi connectivity index (χ4n) is 4.75. The number of imidazole rings is 1. The topological polar surface area (TPSA) is 73.7 Å². The van der Waals surface area contributed by atoms with Gasteiger partial charge >= 0.3 is 5.97 Å². The lowest BCUT2D eigenvalue weighted by Gasteiger charge is -2.38. The molecular weight excluding hydrogens is 442 g/mol. The molecule has 0 aliphatic carbocycles. The molecule has 0 fully saturated rings. The van der Waals surface area contributed by atoms with Crippen molar-refractivity contribution in [2.45, 2.75) is 26.4 Å². The second-order valence-corrected chi connectivity index (χ2v) is 8.33. The third kappa shape index (κ3) is 4.03. The van der Waals surface area contributed by atoms with E-state index in [0.29, 0.717) is 24.8 Å². The van der Waals surface area contributed by atoms with Crippen molar-refractivity contribution in [3.8, 4) is 5.75 Å². The average molecular weight is 470 g/mol. The molecule has 7 nitrogen and oxygen atoms in total. The summed E-state index contributed by atoms with van der Waals surface area (Å²) in [6.45, 7) is 4.58. The quantitative estimate of drug-likeness (QED) is 0.288. The Morgan fingerprint density at radius 3 is 2.40 bits per heavy atom. The molecule has 1 aromatic heterocycles. The molecule has 0 unspecified atom stereocenters. The van der Waals surface area contributed by atoms with E-state index in [1.165, 1.54) is 0 Å². The van der Waals surface area contributed by atoms with Crippen LogP contribution in [-0.2, 0) is 20.9 Å². The maximum absolute atomic E-state index is 14.1. The van der Waals surface area contributed by atoms with E-state index in [1.54, 1.807) is 11.8 Å². The molecule has 0 saturated carbocycles. The highest BCUT2D eigenvalue weighted by Crippen LogP contribution is 2.44. The average Bonchev–Trinajstić information content (AvgIpc) is 3.26. The summed E-state index contributed by atoms with van der Waals surface area (Å²) < 4.78 is 13.4. The van der Waals surface area contributed by atoms with E-state index in [2.05, 4.69) is 0 Å². The third-order valence-corrected chi connectivity index (χ3v) is 6.21. The van der Waals surface area contributed by atoms with Crippen molar-refractivity contribution in [3.05, 3.63) is 90.0 Å². The van der Waals surface area contributed by atoms with Crippen LogP contribution < -0.4 is 9.64 Å². The fraction of sp³-hybridized carbons (Fsp3) is 0.250. The molecule has 4 aromatic rings. The van der Waals surface area contributed by atoms with E-state index < -0.39 is 17.9 Å². The molecule has 1 amide bonds. The lowest BCUT2D eigenvalue weighted by molar-refractivity contribution is -0.153. The molecule has 35 heavy (non-hydrogen) atoms. The van der Waals surface area contributed by atoms with Crippen molar-refractivity contribution in [1.29, 1.82) is 0 Å². The minimum absolute atomic E-state index is 0.179. The number of carbonyl (C=O) groups excluding carboxylic acids is 2. The molecule has 0 saturated heterocycles. The van der Waals surface area contributed by atoms with E-state index >= 15 is 0 Å². The van der Waals surface area contributed by atoms with Crippen LogP contribution in [-0.4, -0.2) is 34.6 Å². The highest BCUT2D eigenvalue weighted by atomic mass is 16.5. The maximum Gasteiger partial charge on any atom is 0.321 e. The Morgan fingerprint density at radius 2 is 1.63 bits per heavy atom. The number of nitrogens with zero attached hydrogens (tertiary/aromatic N) is 3. The molecule has 0 radical (unpaired) electrons. The Balaban J connectivity index is 1.77. The van der Waals surface area contributed by atoms with Gasteiger partial charge in [0.2, 0.25) is 11.9 Å². The van der Waals surface area contributed by atoms with Crippen LogP contribution in [0.5, 0.6) is 5.75 Å². The Hall–Kier alpha value is -4.13. The summed E-state index contributed by atoms with van der Waals surface area (Å²) in [5.74, 6) is -0.869. The van der Waals surface area contributed by atoms with Gasteiger partial charge in [-0.25, -0.2) is 4.98 Å². The first-order chi connectivity index (χ1) is 17.1. The first-order valence-electron chi connectivity index (χ1n) is 11.8. The Kier molecular flexibility index (Phi) is 6.23. The summed E-state index contributed by atoms with van der Waals surface area (Å²) >= 11 is 0. The van der Waals surface area contributed by atoms with Crippen LogP contribution in [0, 0.1) is 5.92 Å². The van der Waals surface area contributed by atoms with E-state index in [1.807, 2.05) is 90.4 Å². The summed E-state index contributed by atoms with van der Waals surface area (Å²) in [5.41, 5.74) is 3.26. The number of benzene rings is 3. The van der Waals surface area contributed by atoms with Gasteiger partial charge in [-0.1, -0.05) is 60.7 Å². The predicted octanol–water partition coefficient (Wildman–Crippen LogP) is 4.75. The zero-order valence-corrected chi connectivity index (χ0v) is 19.8. The zero-order chi connectivity index (χ0) is 24.4. The van der Waals surface area contributed by atoms with Gasteiger partial charge in [-0.2, -0.15) is 0 Å². The van der Waals surface area contributed by atoms with Gasteiger partial charge < -0.3 is 14.0 Å². The molecule has 3 aromatic carbocycles. The van der Waals surface area contributed by atoms with Crippen LogP contribution in [0.25, 0.3) is 11.0 Å². The highest BCUT2D eigenvalue weighted by molar-refractivity contribution is 6.08. The van der Waals surface area contributed by atoms with E-state index in [4.69, 9.17) is 14.5 Å². The smallest absolute Gasteiger partial charge is 0.321 e. The Morgan fingerprint density at radius 1 is 0.914 bits per heavy atom. The van der Waals surface area contributed by atoms with E-state index in [9.17, 15) is 9.59 Å². The largest absolute Gasteiger partial charge is 0.494 e. The van der Waals surface area contributed by atoms with Gasteiger partial charge in [-0.3, -0.25) is 14.5 Å². The van der Waals surface area contributed by atoms with E-state index in [0.717, 1.165) is 22.2 Å². The van der Waals surface area contributed by atoms with Crippen LogP contribution in [0.1, 0.15) is 31.0 Å². The lowest BCUT2D eigenvalue weighted by atomic mass is 9.88. The SMILES string of the molecule is CCOC(=O)[C@H]1C(=O)N(Cc2ccccc2)c2nc3ccccc3n2[C@@H]1c1ccccc1OCC.